The third-order valence-corrected chi connectivity index (χ3v) is 4.36. The number of benzene rings is 1. The summed E-state index contributed by atoms with van der Waals surface area (Å²) in [5.74, 6) is 0.868. The zero-order valence-electron chi connectivity index (χ0n) is 13.7. The molecule has 0 aliphatic carbocycles. The summed E-state index contributed by atoms with van der Waals surface area (Å²) in [4.78, 5) is 24.4. The molecule has 1 saturated heterocycles. The Labute approximate surface area is 145 Å². The highest BCUT2D eigenvalue weighted by Gasteiger charge is 2.30. The van der Waals surface area contributed by atoms with Crippen molar-refractivity contribution < 1.29 is 4.79 Å². The van der Waals surface area contributed by atoms with Gasteiger partial charge >= 0.3 is 0 Å². The Morgan fingerprint density at radius 1 is 1.16 bits per heavy atom. The molecule has 0 bridgehead atoms. The molecule has 0 spiro atoms. The van der Waals surface area contributed by atoms with Crippen molar-refractivity contribution in [2.24, 2.45) is 0 Å². The minimum atomic E-state index is -0.261. The van der Waals surface area contributed by atoms with Crippen LogP contribution < -0.4 is 16.2 Å². The summed E-state index contributed by atoms with van der Waals surface area (Å²) < 4.78 is 0. The number of pyridine rings is 1. The van der Waals surface area contributed by atoms with Crippen LogP contribution in [0, 0.1) is 0 Å². The number of hydrogen-bond donors (Lipinski definition) is 4. The Morgan fingerprint density at radius 2 is 2.04 bits per heavy atom. The number of nitrogens with one attached hydrogen (secondary N) is 4. The molecule has 2 aromatic heterocycles. The van der Waals surface area contributed by atoms with Gasteiger partial charge in [0.1, 0.15) is 11.9 Å². The van der Waals surface area contributed by atoms with Gasteiger partial charge in [0.05, 0.1) is 22.8 Å². The van der Waals surface area contributed by atoms with E-state index in [1.807, 2.05) is 42.5 Å². The second-order valence-electron chi connectivity index (χ2n) is 6.13. The van der Waals surface area contributed by atoms with Crippen LogP contribution in [0.5, 0.6) is 0 Å². The standard InChI is InChI=1S/C18H20N6O/c25-18(16-11-15(23-24-16)12-5-3-4-9-19-12)20-10-8-17-21-13-6-1-2-7-14(13)22-17/h1-7,9,15-16,23-24H,8,10-11H2,(H,20,25)(H,21,22). The number of aromatic nitrogens is 3. The van der Waals surface area contributed by atoms with Crippen LogP contribution in [0.3, 0.4) is 0 Å². The first-order valence-electron chi connectivity index (χ1n) is 8.43. The van der Waals surface area contributed by atoms with Crippen molar-refractivity contribution in [2.45, 2.75) is 24.9 Å². The number of fused-ring (bicyclic) bond motifs is 1. The third-order valence-electron chi connectivity index (χ3n) is 4.36. The molecule has 7 heteroatoms. The molecule has 4 N–H and O–H groups in total. The summed E-state index contributed by atoms with van der Waals surface area (Å²) in [5, 5.41) is 2.97. The monoisotopic (exact) mass is 336 g/mol. The lowest BCUT2D eigenvalue weighted by atomic mass is 10.1. The van der Waals surface area contributed by atoms with E-state index in [-0.39, 0.29) is 18.0 Å². The molecule has 2 atom stereocenters. The van der Waals surface area contributed by atoms with Gasteiger partial charge in [0, 0.05) is 19.2 Å². The zero-order chi connectivity index (χ0) is 17.1. The number of carbonyl (C=O) groups excluding carboxylic acids is 1. The van der Waals surface area contributed by atoms with Gasteiger partial charge < -0.3 is 10.3 Å². The van der Waals surface area contributed by atoms with Crippen molar-refractivity contribution in [1.82, 2.24) is 31.1 Å². The Balaban J connectivity index is 1.28. The number of H-pyrrole nitrogens is 1. The van der Waals surface area contributed by atoms with Crippen LogP contribution in [-0.2, 0) is 11.2 Å². The molecule has 7 nitrogen and oxygen atoms in total. The Bertz CT molecular complexity index is 829. The number of hydrazine groups is 1. The number of nitrogens with zero attached hydrogens (tertiary/aromatic N) is 2. The van der Waals surface area contributed by atoms with E-state index in [9.17, 15) is 4.79 Å². The topological polar surface area (TPSA) is 94.7 Å². The molecule has 2 unspecified atom stereocenters. The van der Waals surface area contributed by atoms with E-state index < -0.39 is 0 Å². The minimum absolute atomic E-state index is 0.0120. The average molecular weight is 336 g/mol. The highest BCUT2D eigenvalue weighted by molar-refractivity contribution is 5.82. The molecule has 0 radical (unpaired) electrons. The van der Waals surface area contributed by atoms with Crippen molar-refractivity contribution >= 4 is 16.9 Å². The van der Waals surface area contributed by atoms with Crippen LogP contribution in [0.25, 0.3) is 11.0 Å². The summed E-state index contributed by atoms with van der Waals surface area (Å²) >= 11 is 0. The summed E-state index contributed by atoms with van der Waals surface area (Å²) in [7, 11) is 0. The van der Waals surface area contributed by atoms with Gasteiger partial charge in [0.25, 0.3) is 0 Å². The van der Waals surface area contributed by atoms with Gasteiger partial charge in [-0.15, -0.1) is 0 Å². The molecule has 3 heterocycles. The quantitative estimate of drug-likeness (QED) is 0.562. The summed E-state index contributed by atoms with van der Waals surface area (Å²) in [6.45, 7) is 0.547. The highest BCUT2D eigenvalue weighted by atomic mass is 16.2. The number of imidazole rings is 1. The van der Waals surface area contributed by atoms with Crippen molar-refractivity contribution in [2.75, 3.05) is 6.54 Å². The molecule has 1 aromatic carbocycles. The molecule has 3 aromatic rings. The van der Waals surface area contributed by atoms with Crippen molar-refractivity contribution in [3.8, 4) is 0 Å². The van der Waals surface area contributed by atoms with E-state index >= 15 is 0 Å². The van der Waals surface area contributed by atoms with Crippen molar-refractivity contribution in [1.29, 1.82) is 0 Å². The molecule has 1 aliphatic heterocycles. The van der Waals surface area contributed by atoms with Crippen molar-refractivity contribution in [3.63, 3.8) is 0 Å². The number of carbonyl (C=O) groups is 1. The Kier molecular flexibility index (Phi) is 4.41. The number of para-hydroxylation sites is 2. The lowest BCUT2D eigenvalue weighted by molar-refractivity contribution is -0.122. The zero-order valence-corrected chi connectivity index (χ0v) is 13.7. The fraction of sp³-hybridized carbons (Fsp3) is 0.278. The number of rotatable bonds is 5. The maximum atomic E-state index is 12.3. The molecule has 1 amide bonds. The number of hydrogen-bond acceptors (Lipinski definition) is 5. The van der Waals surface area contributed by atoms with Gasteiger partial charge in [0.15, 0.2) is 0 Å². The maximum Gasteiger partial charge on any atom is 0.238 e. The normalized spacial score (nSPS) is 20.0. The van der Waals surface area contributed by atoms with Gasteiger partial charge in [-0.25, -0.2) is 15.8 Å². The SMILES string of the molecule is O=C(NCCc1nc2ccccc2[nH]1)C1CC(c2ccccn2)NN1. The maximum absolute atomic E-state index is 12.3. The summed E-state index contributed by atoms with van der Waals surface area (Å²) in [6, 6.07) is 13.5. The molecular weight excluding hydrogens is 316 g/mol. The minimum Gasteiger partial charge on any atom is -0.354 e. The second kappa shape index (κ2) is 7.00. The fourth-order valence-corrected chi connectivity index (χ4v) is 3.06. The molecule has 1 fully saturated rings. The lowest BCUT2D eigenvalue weighted by Crippen LogP contribution is -2.43. The van der Waals surface area contributed by atoms with Gasteiger partial charge in [-0.1, -0.05) is 18.2 Å². The van der Waals surface area contributed by atoms with E-state index in [0.717, 1.165) is 22.6 Å². The smallest absolute Gasteiger partial charge is 0.238 e. The first kappa shape index (κ1) is 15.7. The predicted molar refractivity (Wildman–Crippen MR) is 94.5 cm³/mol. The number of aromatic amines is 1. The van der Waals surface area contributed by atoms with Crippen LogP contribution in [-0.4, -0.2) is 33.4 Å². The average Bonchev–Trinajstić information content (AvgIpc) is 3.29. The van der Waals surface area contributed by atoms with E-state index in [0.29, 0.717) is 19.4 Å². The van der Waals surface area contributed by atoms with E-state index in [1.165, 1.54) is 0 Å². The third kappa shape index (κ3) is 3.52. The predicted octanol–water partition coefficient (Wildman–Crippen LogP) is 1.22. The largest absolute Gasteiger partial charge is 0.354 e. The Hall–Kier alpha value is -2.77. The molecule has 4 rings (SSSR count). The van der Waals surface area contributed by atoms with Crippen molar-refractivity contribution in [3.05, 3.63) is 60.2 Å². The van der Waals surface area contributed by atoms with E-state index in [4.69, 9.17) is 0 Å². The molecule has 1 aliphatic rings. The first-order valence-corrected chi connectivity index (χ1v) is 8.43. The van der Waals surface area contributed by atoms with Crippen LogP contribution in [0.2, 0.25) is 0 Å². The van der Waals surface area contributed by atoms with Gasteiger partial charge in [0.2, 0.25) is 5.91 Å². The molecular formula is C18H20N6O. The lowest BCUT2D eigenvalue weighted by Gasteiger charge is -2.10. The van der Waals surface area contributed by atoms with E-state index in [1.54, 1.807) is 6.20 Å². The van der Waals surface area contributed by atoms with Crippen LogP contribution >= 0.6 is 0 Å². The second-order valence-corrected chi connectivity index (χ2v) is 6.13. The van der Waals surface area contributed by atoms with Crippen LogP contribution in [0.4, 0.5) is 0 Å². The van der Waals surface area contributed by atoms with Gasteiger partial charge in [-0.2, -0.15) is 0 Å². The van der Waals surface area contributed by atoms with Crippen LogP contribution in [0.15, 0.2) is 48.7 Å². The van der Waals surface area contributed by atoms with Gasteiger partial charge in [-0.05, 0) is 30.7 Å². The number of amides is 1. The van der Waals surface area contributed by atoms with Crippen LogP contribution in [0.1, 0.15) is 24.0 Å². The van der Waals surface area contributed by atoms with Gasteiger partial charge in [-0.3, -0.25) is 9.78 Å². The van der Waals surface area contributed by atoms with E-state index in [2.05, 4.69) is 31.1 Å². The molecule has 128 valence electrons. The summed E-state index contributed by atoms with van der Waals surface area (Å²) in [5.41, 5.74) is 9.09. The Morgan fingerprint density at radius 3 is 2.88 bits per heavy atom. The highest BCUT2D eigenvalue weighted by Crippen LogP contribution is 2.20. The summed E-state index contributed by atoms with van der Waals surface area (Å²) in [6.07, 6.45) is 3.11. The first-order chi connectivity index (χ1) is 12.3. The fourth-order valence-electron chi connectivity index (χ4n) is 3.06. The molecule has 0 saturated carbocycles. The molecule has 25 heavy (non-hydrogen) atoms.